The lowest BCUT2D eigenvalue weighted by atomic mass is 10.0. The zero-order valence-corrected chi connectivity index (χ0v) is 51.0. The van der Waals surface area contributed by atoms with Gasteiger partial charge in [0.1, 0.15) is 0 Å². The summed E-state index contributed by atoms with van der Waals surface area (Å²) in [6, 6.07) is -0.626. The highest BCUT2D eigenvalue weighted by Crippen LogP contribution is 2.17. The first-order chi connectivity index (χ1) is 37.5. The van der Waals surface area contributed by atoms with Gasteiger partial charge in [0.05, 0.1) is 25.4 Å². The van der Waals surface area contributed by atoms with Gasteiger partial charge in [-0.25, -0.2) is 0 Å². The van der Waals surface area contributed by atoms with Crippen molar-refractivity contribution in [1.82, 2.24) is 5.32 Å². The fourth-order valence-electron chi connectivity index (χ4n) is 10.4. The number of hydrogen-bond donors (Lipinski definition) is 3. The fraction of sp³-hybridized carbons (Fsp3) is 0.857. The quantitative estimate of drug-likeness (QED) is 0.0320. The molecule has 0 aromatic heterocycles. The van der Waals surface area contributed by atoms with Gasteiger partial charge in [-0.1, -0.05) is 306 Å². The van der Waals surface area contributed by atoms with Crippen LogP contribution >= 0.6 is 0 Å². The van der Waals surface area contributed by atoms with Crippen LogP contribution in [0.3, 0.4) is 0 Å². The maximum absolute atomic E-state index is 12.4. The van der Waals surface area contributed by atoms with Crippen molar-refractivity contribution < 1.29 is 24.5 Å². The average Bonchev–Trinajstić information content (AvgIpc) is 3.42. The van der Waals surface area contributed by atoms with Gasteiger partial charge >= 0.3 is 5.97 Å². The van der Waals surface area contributed by atoms with Crippen LogP contribution in [0.25, 0.3) is 0 Å². The third-order valence-corrected chi connectivity index (χ3v) is 15.6. The van der Waals surface area contributed by atoms with E-state index in [1.165, 1.54) is 283 Å². The van der Waals surface area contributed by atoms with E-state index in [0.717, 1.165) is 51.4 Å². The highest BCUT2D eigenvalue weighted by Gasteiger charge is 2.18. The van der Waals surface area contributed by atoms with Crippen molar-refractivity contribution in [3.63, 3.8) is 0 Å². The monoisotopic (exact) mass is 1070 g/mol. The molecule has 0 spiro atoms. The summed E-state index contributed by atoms with van der Waals surface area (Å²) in [5, 5.41) is 23.0. The summed E-state index contributed by atoms with van der Waals surface area (Å²) in [4.78, 5) is 24.5. The summed E-state index contributed by atoms with van der Waals surface area (Å²) in [5.41, 5.74) is 0. The van der Waals surface area contributed by atoms with E-state index < -0.39 is 12.1 Å². The fourth-order valence-corrected chi connectivity index (χ4v) is 10.4. The summed E-state index contributed by atoms with van der Waals surface area (Å²) >= 11 is 0. The summed E-state index contributed by atoms with van der Waals surface area (Å²) in [7, 11) is 0. The molecule has 6 nitrogen and oxygen atoms in total. The van der Waals surface area contributed by atoms with Crippen molar-refractivity contribution in [2.75, 3.05) is 13.2 Å². The molecule has 0 aliphatic heterocycles. The third-order valence-electron chi connectivity index (χ3n) is 15.6. The predicted octanol–water partition coefficient (Wildman–Crippen LogP) is 21.7. The molecule has 0 aliphatic carbocycles. The molecule has 0 aliphatic rings. The van der Waals surface area contributed by atoms with E-state index in [-0.39, 0.29) is 18.5 Å². The molecule has 0 saturated heterocycles. The molecule has 6 heteroatoms. The molecule has 0 fully saturated rings. The van der Waals surface area contributed by atoms with Gasteiger partial charge in [0, 0.05) is 12.8 Å². The summed E-state index contributed by atoms with van der Waals surface area (Å²) in [6.45, 7) is 4.89. The minimum absolute atomic E-state index is 0.00990. The van der Waals surface area contributed by atoms with Crippen LogP contribution in [-0.2, 0) is 14.3 Å². The second-order valence-electron chi connectivity index (χ2n) is 23.1. The van der Waals surface area contributed by atoms with Crippen molar-refractivity contribution >= 4 is 11.9 Å². The van der Waals surface area contributed by atoms with Gasteiger partial charge in [-0.15, -0.1) is 0 Å². The first-order valence-corrected chi connectivity index (χ1v) is 33.9. The van der Waals surface area contributed by atoms with Crippen LogP contribution in [0.5, 0.6) is 0 Å². The normalized spacial score (nSPS) is 12.8. The number of nitrogens with one attached hydrogen (secondary N) is 1. The van der Waals surface area contributed by atoms with Crippen molar-refractivity contribution in [3.05, 3.63) is 48.6 Å². The first kappa shape index (κ1) is 73.8. The van der Waals surface area contributed by atoms with Gasteiger partial charge in [-0.2, -0.15) is 0 Å². The van der Waals surface area contributed by atoms with Crippen LogP contribution in [-0.4, -0.2) is 47.4 Å². The van der Waals surface area contributed by atoms with Crippen LogP contribution in [0.4, 0.5) is 0 Å². The molecule has 0 heterocycles. The highest BCUT2D eigenvalue weighted by atomic mass is 16.5. The molecule has 76 heavy (non-hydrogen) atoms. The molecule has 0 bridgehead atoms. The lowest BCUT2D eigenvalue weighted by molar-refractivity contribution is -0.143. The smallest absolute Gasteiger partial charge is 0.305 e. The van der Waals surface area contributed by atoms with E-state index in [2.05, 4.69) is 55.6 Å². The molecule has 2 unspecified atom stereocenters. The Labute approximate surface area is 474 Å². The van der Waals surface area contributed by atoms with E-state index in [9.17, 15) is 19.8 Å². The molecule has 0 radical (unpaired) electrons. The Hall–Kier alpha value is -2.18. The van der Waals surface area contributed by atoms with E-state index in [1.807, 2.05) is 6.08 Å². The number of carbonyl (C=O) groups is 2. The van der Waals surface area contributed by atoms with Gasteiger partial charge in [0.2, 0.25) is 5.91 Å². The number of allylic oxidation sites excluding steroid dienone is 7. The van der Waals surface area contributed by atoms with Gasteiger partial charge < -0.3 is 20.3 Å². The Morgan fingerprint density at radius 3 is 1.01 bits per heavy atom. The van der Waals surface area contributed by atoms with E-state index in [4.69, 9.17) is 4.74 Å². The van der Waals surface area contributed by atoms with E-state index >= 15 is 0 Å². The minimum atomic E-state index is -0.843. The van der Waals surface area contributed by atoms with Crippen LogP contribution < -0.4 is 5.32 Å². The molecule has 3 N–H and O–H groups in total. The number of rotatable bonds is 63. The van der Waals surface area contributed by atoms with Gasteiger partial charge in [-0.05, 0) is 89.9 Å². The van der Waals surface area contributed by atoms with Crippen LogP contribution in [0, 0.1) is 0 Å². The van der Waals surface area contributed by atoms with Crippen molar-refractivity contribution in [1.29, 1.82) is 0 Å². The largest absolute Gasteiger partial charge is 0.466 e. The SMILES string of the molecule is CCCCCCCCC/C=C\CCCCCCCCCC(=O)OCCCCCCCCCCC/C=C\C/C=C\CCCCCCCCCCCCCCCCCC(=O)NC(CO)C(O)/C=C/CCCCCCCCCC. The number of carbonyl (C=O) groups excluding carboxylic acids is 2. The molecule has 446 valence electrons. The molecule has 0 rings (SSSR count). The number of esters is 1. The third kappa shape index (κ3) is 61.0. The summed E-state index contributed by atoms with van der Waals surface area (Å²) in [6.07, 6.45) is 84.8. The van der Waals surface area contributed by atoms with E-state index in [1.54, 1.807) is 6.08 Å². The lowest BCUT2D eigenvalue weighted by Gasteiger charge is -2.20. The lowest BCUT2D eigenvalue weighted by Crippen LogP contribution is -2.45. The zero-order valence-electron chi connectivity index (χ0n) is 51.0. The van der Waals surface area contributed by atoms with Crippen molar-refractivity contribution in [3.8, 4) is 0 Å². The number of hydrogen-bond acceptors (Lipinski definition) is 5. The van der Waals surface area contributed by atoms with Crippen LogP contribution in [0.1, 0.15) is 361 Å². The van der Waals surface area contributed by atoms with Crippen LogP contribution in [0.15, 0.2) is 48.6 Å². The molecule has 0 aromatic rings. The Balaban J connectivity index is 3.38. The zero-order chi connectivity index (χ0) is 55.0. The Morgan fingerprint density at radius 2 is 0.658 bits per heavy atom. The topological polar surface area (TPSA) is 95.9 Å². The molecule has 0 aromatic carbocycles. The summed E-state index contributed by atoms with van der Waals surface area (Å²) in [5.74, 6) is -0.0589. The maximum Gasteiger partial charge on any atom is 0.305 e. The average molecular weight is 1070 g/mol. The first-order valence-electron chi connectivity index (χ1n) is 33.9. The van der Waals surface area contributed by atoms with Gasteiger partial charge in [-0.3, -0.25) is 9.59 Å². The number of ether oxygens (including phenoxy) is 1. The Morgan fingerprint density at radius 1 is 0.368 bits per heavy atom. The Kier molecular flexibility index (Phi) is 63.5. The maximum atomic E-state index is 12.4. The van der Waals surface area contributed by atoms with Gasteiger partial charge in [0.15, 0.2) is 0 Å². The Bertz CT molecular complexity index is 1270. The second kappa shape index (κ2) is 65.3. The molecular formula is C70H131NO5. The van der Waals surface area contributed by atoms with Crippen LogP contribution in [0.2, 0.25) is 0 Å². The summed E-state index contributed by atoms with van der Waals surface area (Å²) < 4.78 is 5.50. The van der Waals surface area contributed by atoms with Gasteiger partial charge in [0.25, 0.3) is 0 Å². The number of aliphatic hydroxyl groups is 2. The van der Waals surface area contributed by atoms with Crippen molar-refractivity contribution in [2.45, 2.75) is 373 Å². The predicted molar refractivity (Wildman–Crippen MR) is 333 cm³/mol. The minimum Gasteiger partial charge on any atom is -0.466 e. The van der Waals surface area contributed by atoms with E-state index in [0.29, 0.717) is 19.4 Å². The van der Waals surface area contributed by atoms with Crippen molar-refractivity contribution in [2.24, 2.45) is 0 Å². The molecule has 1 amide bonds. The molecule has 2 atom stereocenters. The second-order valence-corrected chi connectivity index (χ2v) is 23.1. The highest BCUT2D eigenvalue weighted by molar-refractivity contribution is 5.76. The molecule has 0 saturated carbocycles. The number of amides is 1. The number of aliphatic hydroxyl groups excluding tert-OH is 2. The standard InChI is InChI=1S/C70H131NO5/c1-3-5-7-9-11-13-15-16-17-18-35-38-41-44-48-52-56-60-64-70(75)76-65-61-57-53-49-45-42-39-36-33-31-29-27-25-23-21-19-20-22-24-26-28-30-32-34-37-40-43-47-51-55-59-63-69(74)71-67(66-72)68(73)62-58-54-50-46-14-12-10-8-6-4-2/h17-18,21,23,27,29,58,62,67-68,72-73H,3-16,19-20,22,24-26,28,30-57,59-61,63-66H2,1-2H3,(H,71,74)/b18-17-,23-21-,29-27-,62-58+. The molecular weight excluding hydrogens is 935 g/mol. The number of unbranched alkanes of at least 4 members (excludes halogenated alkanes) is 46.